The van der Waals surface area contributed by atoms with Gasteiger partial charge in [0, 0.05) is 19.7 Å². The molecule has 0 aromatic heterocycles. The Labute approximate surface area is 130 Å². The molecule has 0 fully saturated rings. The zero-order valence-electron chi connectivity index (χ0n) is 11.9. The summed E-state index contributed by atoms with van der Waals surface area (Å²) in [6.45, 7) is 3.74. The van der Waals surface area contributed by atoms with E-state index >= 15 is 0 Å². The van der Waals surface area contributed by atoms with Crippen molar-refractivity contribution in [2.75, 3.05) is 25.2 Å². The number of thiol groups is 1. The predicted molar refractivity (Wildman–Crippen MR) is 80.2 cm³/mol. The van der Waals surface area contributed by atoms with Gasteiger partial charge >= 0.3 is 5.97 Å². The average Bonchev–Trinajstić information content (AvgIpc) is 2.37. The van der Waals surface area contributed by atoms with Crippen molar-refractivity contribution in [1.82, 2.24) is 0 Å². The molecule has 0 atom stereocenters. The van der Waals surface area contributed by atoms with Gasteiger partial charge in [-0.05, 0) is 25.1 Å². The van der Waals surface area contributed by atoms with Gasteiger partial charge in [-0.3, -0.25) is 9.52 Å². The van der Waals surface area contributed by atoms with Gasteiger partial charge in [0.15, 0.2) is 6.79 Å². The molecule has 1 rings (SSSR count). The number of hydrogen-bond acceptors (Lipinski definition) is 6. The molecular weight excluding hydrogens is 322 g/mol. The molecular formula is C12H18ClNO6S. The van der Waals surface area contributed by atoms with Crippen molar-refractivity contribution in [3.63, 3.8) is 0 Å². The van der Waals surface area contributed by atoms with Crippen LogP contribution in [0.2, 0.25) is 5.02 Å². The Balaban J connectivity index is 0.000000567. The third-order valence-electron chi connectivity index (χ3n) is 1.83. The van der Waals surface area contributed by atoms with Crippen molar-refractivity contribution in [2.45, 2.75) is 13.8 Å². The van der Waals surface area contributed by atoms with Crippen LogP contribution >= 0.6 is 11.6 Å². The number of anilines is 1. The molecule has 0 saturated carbocycles. The van der Waals surface area contributed by atoms with E-state index in [2.05, 4.69) is 9.46 Å². The number of ether oxygens (including phenoxy) is 3. The molecule has 1 aromatic rings. The summed E-state index contributed by atoms with van der Waals surface area (Å²) in [7, 11) is -1.19. The Bertz CT molecular complexity index is 512. The number of carbonyl (C=O) groups excluding carboxylic acids is 1. The third-order valence-corrected chi connectivity index (χ3v) is 2.57. The van der Waals surface area contributed by atoms with Gasteiger partial charge in [0.25, 0.3) is 0 Å². The number of halogens is 1. The molecule has 0 aliphatic heterocycles. The van der Waals surface area contributed by atoms with E-state index in [1.807, 2.05) is 0 Å². The first-order valence-corrected chi connectivity index (χ1v) is 7.41. The molecule has 0 saturated heterocycles. The molecule has 0 bridgehead atoms. The Morgan fingerprint density at radius 2 is 2.05 bits per heavy atom. The summed E-state index contributed by atoms with van der Waals surface area (Å²) in [5, 5.41) is 0.314. The summed E-state index contributed by atoms with van der Waals surface area (Å²) in [5.74, 6) is 0.225. The lowest BCUT2D eigenvalue weighted by Gasteiger charge is -2.07. The number of nitrogens with one attached hydrogen (secondary N) is 1. The van der Waals surface area contributed by atoms with Gasteiger partial charge < -0.3 is 14.2 Å². The molecule has 0 heterocycles. The highest BCUT2D eigenvalue weighted by molar-refractivity contribution is 7.73. The maximum Gasteiger partial charge on any atom is 0.302 e. The molecule has 0 aliphatic rings. The van der Waals surface area contributed by atoms with E-state index in [0.717, 1.165) is 0 Å². The number of carbonyl (C=O) groups is 1. The van der Waals surface area contributed by atoms with Crippen LogP contribution in [0.15, 0.2) is 18.2 Å². The fourth-order valence-electron chi connectivity index (χ4n) is 1.12. The minimum absolute atomic E-state index is 0.0856. The Morgan fingerprint density at radius 1 is 1.38 bits per heavy atom. The van der Waals surface area contributed by atoms with Gasteiger partial charge in [0.1, 0.15) is 5.75 Å². The first-order valence-electron chi connectivity index (χ1n) is 5.86. The molecule has 0 spiro atoms. The number of rotatable bonds is 6. The molecule has 9 heteroatoms. The smallest absolute Gasteiger partial charge is 0.302 e. The molecule has 1 N–H and O–H groups in total. The second kappa shape index (κ2) is 11.2. The van der Waals surface area contributed by atoms with Crippen LogP contribution in [0.25, 0.3) is 0 Å². The summed E-state index contributed by atoms with van der Waals surface area (Å²) in [4.78, 5) is 9.82. The lowest BCUT2D eigenvalue weighted by molar-refractivity contribution is -0.140. The van der Waals surface area contributed by atoms with Gasteiger partial charge in [0.05, 0.1) is 11.6 Å². The van der Waals surface area contributed by atoms with E-state index in [1.54, 1.807) is 19.1 Å². The molecule has 120 valence electrons. The first-order chi connectivity index (χ1) is 9.90. The predicted octanol–water partition coefficient (Wildman–Crippen LogP) is 1.83. The van der Waals surface area contributed by atoms with Crippen molar-refractivity contribution in [3.05, 3.63) is 23.2 Å². The number of esters is 1. The van der Waals surface area contributed by atoms with E-state index in [9.17, 15) is 13.2 Å². The van der Waals surface area contributed by atoms with Crippen LogP contribution in [0.4, 0.5) is 5.69 Å². The minimum atomic E-state index is -2.68. The van der Waals surface area contributed by atoms with E-state index < -0.39 is 10.9 Å². The van der Waals surface area contributed by atoms with Gasteiger partial charge in [-0.15, -0.1) is 0 Å². The van der Waals surface area contributed by atoms with Crippen molar-refractivity contribution in [1.29, 1.82) is 0 Å². The van der Waals surface area contributed by atoms with Crippen molar-refractivity contribution in [2.24, 2.45) is 0 Å². The SMILES string of the molecule is CCOC(C)=O.COCOc1ccc(N[SH](=O)=O)cc1Cl. The Hall–Kier alpha value is -1.51. The lowest BCUT2D eigenvalue weighted by atomic mass is 10.3. The van der Waals surface area contributed by atoms with Crippen LogP contribution in [0.3, 0.4) is 0 Å². The Morgan fingerprint density at radius 3 is 2.43 bits per heavy atom. The largest absolute Gasteiger partial charge is 0.466 e. The second-order valence-electron chi connectivity index (χ2n) is 3.49. The van der Waals surface area contributed by atoms with Gasteiger partial charge in [0.2, 0.25) is 10.9 Å². The zero-order valence-corrected chi connectivity index (χ0v) is 13.6. The maximum atomic E-state index is 10.4. The summed E-state index contributed by atoms with van der Waals surface area (Å²) >= 11 is 5.83. The van der Waals surface area contributed by atoms with Gasteiger partial charge in [-0.1, -0.05) is 11.6 Å². The van der Waals surface area contributed by atoms with Crippen LogP contribution in [0.5, 0.6) is 5.75 Å². The molecule has 7 nitrogen and oxygen atoms in total. The molecule has 0 radical (unpaired) electrons. The van der Waals surface area contributed by atoms with Crippen molar-refractivity contribution >= 4 is 34.1 Å². The van der Waals surface area contributed by atoms with Crippen molar-refractivity contribution in [3.8, 4) is 5.75 Å². The highest BCUT2D eigenvalue weighted by atomic mass is 35.5. The van der Waals surface area contributed by atoms with E-state index in [1.165, 1.54) is 20.1 Å². The normalized spacial score (nSPS) is 9.57. The number of benzene rings is 1. The highest BCUT2D eigenvalue weighted by Crippen LogP contribution is 2.27. The van der Waals surface area contributed by atoms with E-state index in [-0.39, 0.29) is 12.8 Å². The van der Waals surface area contributed by atoms with Crippen LogP contribution < -0.4 is 9.46 Å². The van der Waals surface area contributed by atoms with Crippen LogP contribution in [0.1, 0.15) is 13.8 Å². The monoisotopic (exact) mass is 339 g/mol. The molecule has 0 amide bonds. The third kappa shape index (κ3) is 9.94. The quantitative estimate of drug-likeness (QED) is 0.467. The van der Waals surface area contributed by atoms with E-state index in [0.29, 0.717) is 23.1 Å². The maximum absolute atomic E-state index is 10.4. The Kier molecular flexibility index (Phi) is 10.4. The fourth-order valence-corrected chi connectivity index (χ4v) is 1.70. The summed E-state index contributed by atoms with van der Waals surface area (Å²) in [5.41, 5.74) is 0.390. The topological polar surface area (TPSA) is 90.9 Å². The molecule has 0 aliphatic carbocycles. The van der Waals surface area contributed by atoms with Crippen molar-refractivity contribution < 1.29 is 27.4 Å². The second-order valence-corrected chi connectivity index (χ2v) is 4.63. The van der Waals surface area contributed by atoms with Gasteiger partial charge in [-0.2, -0.15) is 0 Å². The van der Waals surface area contributed by atoms with Gasteiger partial charge in [-0.25, -0.2) is 8.42 Å². The zero-order chi connectivity index (χ0) is 16.3. The highest BCUT2D eigenvalue weighted by Gasteiger charge is 2.02. The molecule has 21 heavy (non-hydrogen) atoms. The van der Waals surface area contributed by atoms with E-state index in [4.69, 9.17) is 21.1 Å². The lowest BCUT2D eigenvalue weighted by Crippen LogP contribution is -2.00. The molecule has 1 aromatic carbocycles. The van der Waals surface area contributed by atoms with Crippen LogP contribution in [-0.2, 0) is 25.2 Å². The van der Waals surface area contributed by atoms with Crippen LogP contribution in [-0.4, -0.2) is 34.9 Å². The van der Waals surface area contributed by atoms with Crippen LogP contribution in [0, 0.1) is 0 Å². The summed E-state index contributed by atoms with van der Waals surface area (Å²) < 4.78 is 37.2. The number of hydrogen-bond donors (Lipinski definition) is 2. The summed E-state index contributed by atoms with van der Waals surface area (Å²) in [6, 6.07) is 4.56. The minimum Gasteiger partial charge on any atom is -0.466 e. The summed E-state index contributed by atoms with van der Waals surface area (Å²) in [6.07, 6.45) is 0. The number of methoxy groups -OCH3 is 1. The first kappa shape index (κ1) is 19.5. The fraction of sp³-hybridized carbons (Fsp3) is 0.417. The average molecular weight is 340 g/mol. The standard InChI is InChI=1S/C8H10ClNO4S.C4H8O2/c1-13-5-14-8-3-2-6(4-7(8)9)10-15(11)12;1-3-6-4(2)5/h2-4,15H,5H2,1H3,(H,10,11,12);3H2,1-2H3. The molecule has 0 unspecified atom stereocenters.